The molecule has 5 nitrogen and oxygen atoms in total. The number of anilines is 1. The van der Waals surface area contributed by atoms with Crippen LogP contribution in [0.4, 0.5) is 14.6 Å². The summed E-state index contributed by atoms with van der Waals surface area (Å²) in [5.74, 6) is 1.85. The first kappa shape index (κ1) is 16.8. The first-order valence-electron chi connectivity index (χ1n) is 9.33. The molecule has 1 saturated carbocycles. The molecule has 0 unspecified atom stereocenters. The van der Waals surface area contributed by atoms with Crippen LogP contribution in [0.25, 0.3) is 0 Å². The second-order valence-electron chi connectivity index (χ2n) is 8.01. The summed E-state index contributed by atoms with van der Waals surface area (Å²) in [6.45, 7) is 5.43. The van der Waals surface area contributed by atoms with Gasteiger partial charge in [-0.3, -0.25) is 4.79 Å². The van der Waals surface area contributed by atoms with E-state index in [1.54, 1.807) is 0 Å². The quantitative estimate of drug-likeness (QED) is 0.910. The summed E-state index contributed by atoms with van der Waals surface area (Å²) in [6, 6.07) is 0.915. The number of rotatable bonds is 3. The lowest BCUT2D eigenvalue weighted by Gasteiger charge is -2.41. The Labute approximate surface area is 146 Å². The number of aromatic nitrogens is 2. The first-order valence-corrected chi connectivity index (χ1v) is 9.33. The smallest absolute Gasteiger partial charge is 0.260 e. The topological polar surface area (TPSA) is 50.2 Å². The molecule has 1 saturated heterocycles. The minimum absolute atomic E-state index is 0.0326. The largest absolute Gasteiger partial charge is 0.367 e. The van der Waals surface area contributed by atoms with Crippen molar-refractivity contribution in [3.05, 3.63) is 11.8 Å². The number of hydrogen-bond acceptors (Lipinski definition) is 3. The third-order valence-electron chi connectivity index (χ3n) is 6.06. The zero-order valence-corrected chi connectivity index (χ0v) is 14.8. The lowest BCUT2D eigenvalue weighted by molar-refractivity contribution is -0.134. The summed E-state index contributed by atoms with van der Waals surface area (Å²) in [4.78, 5) is 14.5. The van der Waals surface area contributed by atoms with Crippen LogP contribution in [0.3, 0.4) is 0 Å². The Kier molecular flexibility index (Phi) is 4.20. The molecule has 3 aliphatic rings. The van der Waals surface area contributed by atoms with Gasteiger partial charge in [-0.05, 0) is 44.4 Å². The van der Waals surface area contributed by atoms with Crippen LogP contribution in [0, 0.1) is 24.7 Å². The molecule has 0 bridgehead atoms. The van der Waals surface area contributed by atoms with Crippen molar-refractivity contribution in [3.63, 3.8) is 0 Å². The monoisotopic (exact) mass is 352 g/mol. The van der Waals surface area contributed by atoms with Crippen molar-refractivity contribution in [2.75, 3.05) is 18.4 Å². The first-order chi connectivity index (χ1) is 11.9. The molecule has 2 fully saturated rings. The second kappa shape index (κ2) is 6.25. The molecule has 1 N–H and O–H groups in total. The van der Waals surface area contributed by atoms with Gasteiger partial charge in [-0.2, -0.15) is 5.10 Å². The zero-order chi connectivity index (χ0) is 17.7. The van der Waals surface area contributed by atoms with Crippen LogP contribution in [-0.2, 0) is 4.79 Å². The van der Waals surface area contributed by atoms with Gasteiger partial charge in [0.15, 0.2) is 0 Å². The molecule has 138 valence electrons. The Hall–Kier alpha value is -1.66. The summed E-state index contributed by atoms with van der Waals surface area (Å²) in [6.07, 6.45) is 0.848. The van der Waals surface area contributed by atoms with E-state index in [4.69, 9.17) is 0 Å². The van der Waals surface area contributed by atoms with E-state index in [1.165, 1.54) is 4.68 Å². The fourth-order valence-corrected chi connectivity index (χ4v) is 4.45. The number of likely N-dealkylation sites (tertiary alicyclic amines) is 1. The molecule has 0 aromatic carbocycles. The number of nitrogens with one attached hydrogen (secondary N) is 1. The number of amides is 1. The number of piperidine rings is 1. The predicted molar refractivity (Wildman–Crippen MR) is 90.6 cm³/mol. The van der Waals surface area contributed by atoms with E-state index in [1.807, 2.05) is 17.9 Å². The molecule has 2 aliphatic heterocycles. The maximum atomic E-state index is 13.6. The molecular formula is C18H26F2N4O. The van der Waals surface area contributed by atoms with E-state index in [9.17, 15) is 13.6 Å². The van der Waals surface area contributed by atoms with Gasteiger partial charge in [0.1, 0.15) is 11.9 Å². The average Bonchev–Trinajstić information content (AvgIpc) is 3.19. The number of alkyl halides is 2. The normalized spacial score (nSPS) is 34.6. The molecule has 1 aromatic heterocycles. The number of aryl methyl sites for hydroxylation is 1. The van der Waals surface area contributed by atoms with Crippen molar-refractivity contribution in [3.8, 4) is 0 Å². The number of carbonyl (C=O) groups excluding carboxylic acids is 1. The average molecular weight is 352 g/mol. The lowest BCUT2D eigenvalue weighted by Crippen LogP contribution is -2.48. The lowest BCUT2D eigenvalue weighted by atomic mass is 9.85. The molecular weight excluding hydrogens is 326 g/mol. The van der Waals surface area contributed by atoms with Crippen molar-refractivity contribution >= 4 is 11.7 Å². The maximum Gasteiger partial charge on any atom is 0.260 e. The Morgan fingerprint density at radius 2 is 2.16 bits per heavy atom. The fourth-order valence-electron chi connectivity index (χ4n) is 4.45. The Balaban J connectivity index is 1.48. The van der Waals surface area contributed by atoms with Gasteiger partial charge in [-0.15, -0.1) is 0 Å². The van der Waals surface area contributed by atoms with Crippen molar-refractivity contribution in [1.29, 1.82) is 0 Å². The van der Waals surface area contributed by atoms with Crippen LogP contribution >= 0.6 is 0 Å². The molecule has 25 heavy (non-hydrogen) atoms. The van der Waals surface area contributed by atoms with Crippen molar-refractivity contribution < 1.29 is 13.6 Å². The van der Waals surface area contributed by atoms with E-state index >= 15 is 0 Å². The third-order valence-corrected chi connectivity index (χ3v) is 6.06. The summed E-state index contributed by atoms with van der Waals surface area (Å²) < 4.78 is 28.6. The number of nitrogens with zero attached hydrogens (tertiary/aromatic N) is 3. The van der Waals surface area contributed by atoms with Gasteiger partial charge in [-0.25, -0.2) is 13.5 Å². The predicted octanol–water partition coefficient (Wildman–Crippen LogP) is 3.08. The van der Waals surface area contributed by atoms with E-state index in [-0.39, 0.29) is 23.8 Å². The fraction of sp³-hybridized carbons (Fsp3) is 0.778. The Morgan fingerprint density at radius 1 is 1.40 bits per heavy atom. The summed E-state index contributed by atoms with van der Waals surface area (Å²) >= 11 is 0. The highest BCUT2D eigenvalue weighted by Gasteiger charge is 2.44. The maximum absolute atomic E-state index is 13.6. The van der Waals surface area contributed by atoms with Crippen molar-refractivity contribution in [2.45, 2.75) is 58.0 Å². The third kappa shape index (κ3) is 3.13. The number of halogens is 2. The van der Waals surface area contributed by atoms with Gasteiger partial charge in [0.05, 0.1) is 5.69 Å². The van der Waals surface area contributed by atoms with Crippen molar-refractivity contribution in [1.82, 2.24) is 14.7 Å². The molecule has 0 spiro atoms. The van der Waals surface area contributed by atoms with Crippen LogP contribution in [0.2, 0.25) is 0 Å². The zero-order valence-electron chi connectivity index (χ0n) is 14.8. The summed E-state index contributed by atoms with van der Waals surface area (Å²) in [5.41, 5.74) is 0.747. The van der Waals surface area contributed by atoms with Crippen LogP contribution in [0.15, 0.2) is 6.07 Å². The SMILES string of the molecule is Cc1cc2n(n1)[C@@H](C(F)F)C[C@@H]([C@@H]1CCCN(C(=O)[C@@H]3C[C@@H]3C)C1)N2. The summed E-state index contributed by atoms with van der Waals surface area (Å²) in [5, 5.41) is 7.64. The van der Waals surface area contributed by atoms with Crippen LogP contribution in [0.5, 0.6) is 0 Å². The minimum atomic E-state index is -2.43. The highest BCUT2D eigenvalue weighted by molar-refractivity contribution is 5.81. The highest BCUT2D eigenvalue weighted by Crippen LogP contribution is 2.41. The molecule has 1 aromatic rings. The van der Waals surface area contributed by atoms with Crippen LogP contribution < -0.4 is 5.32 Å². The van der Waals surface area contributed by atoms with Gasteiger partial charge in [0.25, 0.3) is 6.43 Å². The standard InChI is InChI=1S/C18H26F2N4O/c1-10-6-13(10)18(25)23-5-3-4-12(9-23)14-8-15(17(19)20)24-16(21-14)7-11(2)22-24/h7,10,12-15,17,21H,3-6,8-9H2,1-2H3/t10-,12+,13+,14-,15+/m0/s1. The molecule has 1 amide bonds. The van der Waals surface area contributed by atoms with Gasteiger partial charge >= 0.3 is 0 Å². The van der Waals surface area contributed by atoms with Gasteiger partial charge in [0.2, 0.25) is 5.91 Å². The molecule has 5 atom stereocenters. The molecule has 3 heterocycles. The number of fused-ring (bicyclic) bond motifs is 1. The van der Waals surface area contributed by atoms with E-state index in [0.717, 1.165) is 31.5 Å². The van der Waals surface area contributed by atoms with Crippen LogP contribution in [-0.4, -0.2) is 46.1 Å². The second-order valence-corrected chi connectivity index (χ2v) is 8.01. The Bertz CT molecular complexity index is 662. The van der Waals surface area contributed by atoms with Crippen molar-refractivity contribution in [2.24, 2.45) is 17.8 Å². The van der Waals surface area contributed by atoms with E-state index in [2.05, 4.69) is 17.3 Å². The van der Waals surface area contributed by atoms with E-state index < -0.39 is 12.5 Å². The molecule has 0 radical (unpaired) electrons. The molecule has 4 rings (SSSR count). The highest BCUT2D eigenvalue weighted by atomic mass is 19.3. The van der Waals surface area contributed by atoms with Gasteiger partial charge in [-0.1, -0.05) is 6.92 Å². The van der Waals surface area contributed by atoms with Crippen LogP contribution in [0.1, 0.15) is 44.3 Å². The molecule has 1 aliphatic carbocycles. The minimum Gasteiger partial charge on any atom is -0.367 e. The van der Waals surface area contributed by atoms with Gasteiger partial charge < -0.3 is 10.2 Å². The summed E-state index contributed by atoms with van der Waals surface area (Å²) in [7, 11) is 0. The Morgan fingerprint density at radius 3 is 2.84 bits per heavy atom. The molecule has 7 heteroatoms. The van der Waals surface area contributed by atoms with E-state index in [0.29, 0.717) is 24.7 Å². The number of hydrogen-bond donors (Lipinski definition) is 1. The van der Waals surface area contributed by atoms with Gasteiger partial charge in [0, 0.05) is 31.1 Å². The number of carbonyl (C=O) groups is 1.